The van der Waals surface area contributed by atoms with Crippen molar-refractivity contribution in [2.75, 3.05) is 0 Å². The van der Waals surface area contributed by atoms with Crippen LogP contribution in [0.15, 0.2) is 180 Å². The van der Waals surface area contributed by atoms with Crippen LogP contribution in [0.2, 0.25) is 0 Å². The topological polar surface area (TPSA) is 51.8 Å². The second-order valence-electron chi connectivity index (χ2n) is 13.5. The Morgan fingerprint density at radius 3 is 1.58 bits per heavy atom. The molecule has 2 aromatic heterocycles. The zero-order valence-corrected chi connectivity index (χ0v) is 28.5. The maximum Gasteiger partial charge on any atom is 0.164 e. The lowest BCUT2D eigenvalue weighted by molar-refractivity contribution is 0.669. The van der Waals surface area contributed by atoms with Crippen molar-refractivity contribution < 1.29 is 4.42 Å². The minimum absolute atomic E-state index is 0.607. The van der Waals surface area contributed by atoms with Crippen LogP contribution in [0.3, 0.4) is 0 Å². The summed E-state index contributed by atoms with van der Waals surface area (Å²) in [7, 11) is 0. The molecule has 0 unspecified atom stereocenters. The number of rotatable bonds is 5. The summed E-state index contributed by atoms with van der Waals surface area (Å²) in [6.45, 7) is 0. The Morgan fingerprint density at radius 1 is 0.302 bits per heavy atom. The van der Waals surface area contributed by atoms with Gasteiger partial charge in [-0.25, -0.2) is 15.0 Å². The van der Waals surface area contributed by atoms with Crippen LogP contribution < -0.4 is 0 Å². The smallest absolute Gasteiger partial charge is 0.164 e. The lowest BCUT2D eigenvalue weighted by Gasteiger charge is -2.15. The first-order valence-corrected chi connectivity index (χ1v) is 17.9. The van der Waals surface area contributed by atoms with E-state index in [1.165, 1.54) is 37.9 Å². The summed E-state index contributed by atoms with van der Waals surface area (Å²) in [5.41, 5.74) is 8.90. The quantitative estimate of drug-likeness (QED) is 0.170. The van der Waals surface area contributed by atoms with Crippen molar-refractivity contribution in [3.63, 3.8) is 0 Å². The van der Waals surface area contributed by atoms with Crippen molar-refractivity contribution in [2.45, 2.75) is 0 Å². The van der Waals surface area contributed by atoms with Crippen molar-refractivity contribution in [1.82, 2.24) is 15.0 Å². The van der Waals surface area contributed by atoms with Gasteiger partial charge in [0.25, 0.3) is 0 Å². The Kier molecular flexibility index (Phi) is 6.52. The number of nitrogens with zero attached hydrogens (tertiary/aromatic N) is 3. The van der Waals surface area contributed by atoms with Gasteiger partial charge in [0.1, 0.15) is 11.2 Å². The standard InChI is InChI=1S/C49H29N3O/c1-3-10-35(11-4-1)47-50-48(36-12-5-2-6-13-36)52-49(51-47)40-28-29-42-46(39-16-7-8-17-41(39)53-42)45(40)33-20-18-30(19-21-33)37-26-24-34-23-22-31-14-9-15-32-25-27-38(37)44(34)43(31)32/h1-29H. The van der Waals surface area contributed by atoms with Gasteiger partial charge in [0.15, 0.2) is 17.5 Å². The lowest BCUT2D eigenvalue weighted by Crippen LogP contribution is -2.01. The molecule has 0 saturated carbocycles. The molecule has 0 amide bonds. The molecule has 0 fully saturated rings. The van der Waals surface area contributed by atoms with Gasteiger partial charge >= 0.3 is 0 Å². The predicted octanol–water partition coefficient (Wildman–Crippen LogP) is 13.0. The van der Waals surface area contributed by atoms with Crippen molar-refractivity contribution in [3.8, 4) is 56.4 Å². The minimum Gasteiger partial charge on any atom is -0.456 e. The van der Waals surface area contributed by atoms with Gasteiger partial charge in [-0.15, -0.1) is 0 Å². The molecule has 0 aliphatic rings. The molecular formula is C49H29N3O. The molecule has 0 atom stereocenters. The van der Waals surface area contributed by atoms with Crippen molar-refractivity contribution in [1.29, 1.82) is 0 Å². The molecule has 2 heterocycles. The van der Waals surface area contributed by atoms with E-state index in [1.54, 1.807) is 0 Å². The van der Waals surface area contributed by atoms with Crippen LogP contribution in [-0.4, -0.2) is 15.0 Å². The number of hydrogen-bond donors (Lipinski definition) is 0. The highest BCUT2D eigenvalue weighted by atomic mass is 16.3. The van der Waals surface area contributed by atoms with Crippen LogP contribution in [0, 0.1) is 0 Å². The average molecular weight is 676 g/mol. The van der Waals surface area contributed by atoms with E-state index < -0.39 is 0 Å². The molecule has 0 bridgehead atoms. The fourth-order valence-electron chi connectivity index (χ4n) is 8.04. The van der Waals surface area contributed by atoms with Gasteiger partial charge in [-0.1, -0.05) is 158 Å². The number of para-hydroxylation sites is 1. The molecule has 53 heavy (non-hydrogen) atoms. The van der Waals surface area contributed by atoms with E-state index in [1.807, 2.05) is 78.9 Å². The highest BCUT2D eigenvalue weighted by Crippen LogP contribution is 2.44. The van der Waals surface area contributed by atoms with Crippen LogP contribution in [-0.2, 0) is 0 Å². The monoisotopic (exact) mass is 675 g/mol. The first kappa shape index (κ1) is 29.5. The zero-order chi connectivity index (χ0) is 34.9. The molecule has 0 radical (unpaired) electrons. The van der Waals surface area contributed by atoms with E-state index in [0.29, 0.717) is 17.5 Å². The Labute approximate surface area is 305 Å². The SMILES string of the molecule is c1ccc(-c2nc(-c3ccccc3)nc(-c3ccc4oc5ccccc5c4c3-c3ccc(-c4ccc5ccc6cccc7ccc4c5c67)cc3)n2)cc1. The summed E-state index contributed by atoms with van der Waals surface area (Å²) in [6, 6.07) is 61.6. The van der Waals surface area contributed by atoms with E-state index >= 15 is 0 Å². The fourth-order valence-corrected chi connectivity index (χ4v) is 8.04. The molecule has 0 N–H and O–H groups in total. The maximum atomic E-state index is 6.44. The van der Waals surface area contributed by atoms with Crippen LogP contribution in [0.4, 0.5) is 0 Å². The predicted molar refractivity (Wildman–Crippen MR) is 218 cm³/mol. The third kappa shape index (κ3) is 4.73. The van der Waals surface area contributed by atoms with Crippen LogP contribution in [0.5, 0.6) is 0 Å². The zero-order valence-electron chi connectivity index (χ0n) is 28.5. The van der Waals surface area contributed by atoms with Gasteiger partial charge in [-0.2, -0.15) is 0 Å². The van der Waals surface area contributed by atoms with Crippen molar-refractivity contribution >= 4 is 54.3 Å². The van der Waals surface area contributed by atoms with Crippen molar-refractivity contribution in [2.24, 2.45) is 0 Å². The van der Waals surface area contributed by atoms with E-state index in [-0.39, 0.29) is 0 Å². The molecule has 4 heteroatoms. The molecule has 0 aliphatic heterocycles. The lowest BCUT2D eigenvalue weighted by atomic mass is 9.89. The second-order valence-corrected chi connectivity index (χ2v) is 13.5. The molecule has 9 aromatic carbocycles. The van der Waals surface area contributed by atoms with Crippen molar-refractivity contribution in [3.05, 3.63) is 176 Å². The van der Waals surface area contributed by atoms with Crippen LogP contribution in [0.25, 0.3) is 111 Å². The largest absolute Gasteiger partial charge is 0.456 e. The Hall–Kier alpha value is -7.17. The maximum absolute atomic E-state index is 6.44. The number of benzene rings is 9. The van der Waals surface area contributed by atoms with Gasteiger partial charge in [0.05, 0.1) is 0 Å². The van der Waals surface area contributed by atoms with E-state index in [2.05, 4.69) is 97.1 Å². The number of furan rings is 1. The minimum atomic E-state index is 0.607. The summed E-state index contributed by atoms with van der Waals surface area (Å²) >= 11 is 0. The summed E-state index contributed by atoms with van der Waals surface area (Å²) in [5.74, 6) is 1.86. The molecule has 246 valence electrons. The second kappa shape index (κ2) is 11.7. The van der Waals surface area contributed by atoms with E-state index in [4.69, 9.17) is 19.4 Å². The summed E-state index contributed by atoms with van der Waals surface area (Å²) in [5, 5.41) is 9.79. The van der Waals surface area contributed by atoms with Gasteiger partial charge in [-0.05, 0) is 67.2 Å². The first-order valence-electron chi connectivity index (χ1n) is 17.9. The van der Waals surface area contributed by atoms with Gasteiger partial charge in [-0.3, -0.25) is 0 Å². The Balaban J connectivity index is 1.14. The third-order valence-electron chi connectivity index (χ3n) is 10.5. The normalized spacial score (nSPS) is 11.8. The molecular weight excluding hydrogens is 647 g/mol. The molecule has 11 aromatic rings. The van der Waals surface area contributed by atoms with Gasteiger partial charge < -0.3 is 4.42 Å². The van der Waals surface area contributed by atoms with E-state index in [0.717, 1.165) is 55.3 Å². The summed E-state index contributed by atoms with van der Waals surface area (Å²) in [6.07, 6.45) is 0. The van der Waals surface area contributed by atoms with Gasteiger partial charge in [0, 0.05) is 33.0 Å². The number of aromatic nitrogens is 3. The van der Waals surface area contributed by atoms with E-state index in [9.17, 15) is 0 Å². The molecule has 0 aliphatic carbocycles. The summed E-state index contributed by atoms with van der Waals surface area (Å²) < 4.78 is 6.44. The number of fused-ring (bicyclic) bond motifs is 3. The molecule has 0 saturated heterocycles. The number of hydrogen-bond acceptors (Lipinski definition) is 4. The molecule has 4 nitrogen and oxygen atoms in total. The van der Waals surface area contributed by atoms with Crippen LogP contribution in [0.1, 0.15) is 0 Å². The highest BCUT2D eigenvalue weighted by molar-refractivity contribution is 6.25. The fraction of sp³-hybridized carbons (Fsp3) is 0. The Bertz CT molecular complexity index is 3080. The summed E-state index contributed by atoms with van der Waals surface area (Å²) in [4.78, 5) is 15.3. The molecule has 11 rings (SSSR count). The highest BCUT2D eigenvalue weighted by Gasteiger charge is 2.21. The molecule has 0 spiro atoms. The first-order chi connectivity index (χ1) is 26.3. The average Bonchev–Trinajstić information content (AvgIpc) is 3.62. The third-order valence-corrected chi connectivity index (χ3v) is 10.5. The van der Waals surface area contributed by atoms with Crippen LogP contribution >= 0.6 is 0 Å². The van der Waals surface area contributed by atoms with Gasteiger partial charge in [0.2, 0.25) is 0 Å². The Morgan fingerprint density at radius 2 is 0.868 bits per heavy atom.